The van der Waals surface area contributed by atoms with Crippen molar-refractivity contribution in [2.24, 2.45) is 5.92 Å². The minimum absolute atomic E-state index is 0.0228. The van der Waals surface area contributed by atoms with Crippen LogP contribution in [-0.4, -0.2) is 30.4 Å². The van der Waals surface area contributed by atoms with Crippen LogP contribution in [0.1, 0.15) is 41.1 Å². The molecule has 2 aromatic rings. The summed E-state index contributed by atoms with van der Waals surface area (Å²) in [4.78, 5) is 13.4. The molecule has 1 aromatic carbocycles. The van der Waals surface area contributed by atoms with Crippen LogP contribution in [-0.2, 0) is 22.7 Å². The highest BCUT2D eigenvalue weighted by Gasteiger charge is 2.19. The largest absolute Gasteiger partial charge is 0.381 e. The topological polar surface area (TPSA) is 61.6 Å². The highest BCUT2D eigenvalue weighted by atomic mass is 32.2. The van der Waals surface area contributed by atoms with Crippen LogP contribution in [0.3, 0.4) is 0 Å². The molecule has 1 aromatic heterocycles. The summed E-state index contributed by atoms with van der Waals surface area (Å²) >= 11 is 1.70. The second kappa shape index (κ2) is 9.17. The van der Waals surface area contributed by atoms with Crippen molar-refractivity contribution in [3.63, 3.8) is 0 Å². The molecule has 1 aliphatic rings. The summed E-state index contributed by atoms with van der Waals surface area (Å²) in [6.07, 6.45) is 4.43. The van der Waals surface area contributed by atoms with Crippen LogP contribution in [0.25, 0.3) is 0 Å². The molecular weight excluding hydrogens is 338 g/mol. The second-order valence-corrected chi connectivity index (χ2v) is 7.09. The number of benzene rings is 1. The van der Waals surface area contributed by atoms with E-state index < -0.39 is 0 Å². The zero-order valence-corrected chi connectivity index (χ0v) is 15.2. The molecule has 1 fully saturated rings. The highest BCUT2D eigenvalue weighted by Crippen LogP contribution is 2.20. The van der Waals surface area contributed by atoms with Gasteiger partial charge in [0.25, 0.3) is 0 Å². The first-order valence-corrected chi connectivity index (χ1v) is 9.74. The number of hydrogen-bond acceptors (Lipinski definition) is 6. The predicted octanol–water partition coefficient (Wildman–Crippen LogP) is 4.11. The van der Waals surface area contributed by atoms with E-state index in [0.29, 0.717) is 37.0 Å². The normalized spacial score (nSPS) is 17.1. The van der Waals surface area contributed by atoms with E-state index in [1.54, 1.807) is 17.8 Å². The Labute approximate surface area is 152 Å². The number of ketones is 1. The molecule has 1 atom stereocenters. The fourth-order valence-corrected chi connectivity index (χ4v) is 3.30. The Kier molecular flexibility index (Phi) is 6.67. The van der Waals surface area contributed by atoms with E-state index in [1.807, 2.05) is 18.4 Å². The number of carbonyl (C=O) groups excluding carboxylic acids is 1. The highest BCUT2D eigenvalue weighted by molar-refractivity contribution is 7.98. The fourth-order valence-electron chi connectivity index (χ4n) is 2.82. The quantitative estimate of drug-likeness (QED) is 0.495. The molecule has 1 aliphatic heterocycles. The number of hydrogen-bond donors (Lipinski definition) is 0. The molecule has 0 radical (unpaired) electrons. The van der Waals surface area contributed by atoms with Gasteiger partial charge in [-0.1, -0.05) is 17.3 Å². The Morgan fingerprint density at radius 2 is 2.28 bits per heavy atom. The van der Waals surface area contributed by atoms with Crippen LogP contribution in [0.15, 0.2) is 39.8 Å². The summed E-state index contributed by atoms with van der Waals surface area (Å²) in [6.45, 7) is 2.38. The smallest absolute Gasteiger partial charge is 0.184 e. The van der Waals surface area contributed by atoms with Crippen molar-refractivity contribution in [3.05, 3.63) is 47.3 Å². The third-order valence-corrected chi connectivity index (χ3v) is 5.02. The van der Waals surface area contributed by atoms with Crippen LogP contribution in [0.2, 0.25) is 0 Å². The average Bonchev–Trinajstić information content (AvgIpc) is 3.32. The summed E-state index contributed by atoms with van der Waals surface area (Å²) in [5.74, 6) is 1.10. The van der Waals surface area contributed by atoms with Gasteiger partial charge in [0, 0.05) is 30.6 Å². The Hall–Kier alpha value is -1.63. The van der Waals surface area contributed by atoms with Crippen molar-refractivity contribution >= 4 is 17.5 Å². The van der Waals surface area contributed by atoms with Gasteiger partial charge in [-0.3, -0.25) is 4.79 Å². The van der Waals surface area contributed by atoms with Gasteiger partial charge in [0.2, 0.25) is 0 Å². The molecule has 0 aliphatic carbocycles. The molecular formula is C19H23NO4S. The first kappa shape index (κ1) is 18.2. The summed E-state index contributed by atoms with van der Waals surface area (Å²) < 4.78 is 16.2. The van der Waals surface area contributed by atoms with Gasteiger partial charge in [0.05, 0.1) is 6.61 Å². The lowest BCUT2D eigenvalue weighted by Crippen LogP contribution is -2.05. The van der Waals surface area contributed by atoms with Crippen molar-refractivity contribution in [1.82, 2.24) is 5.16 Å². The van der Waals surface area contributed by atoms with Gasteiger partial charge in [-0.15, -0.1) is 11.8 Å². The molecule has 6 heteroatoms. The third-order valence-electron chi connectivity index (χ3n) is 4.30. The molecule has 134 valence electrons. The van der Waals surface area contributed by atoms with Gasteiger partial charge in [0.15, 0.2) is 11.5 Å². The molecule has 0 saturated carbocycles. The Morgan fingerprint density at radius 1 is 1.36 bits per heavy atom. The van der Waals surface area contributed by atoms with Gasteiger partial charge < -0.3 is 14.0 Å². The van der Waals surface area contributed by atoms with Crippen molar-refractivity contribution in [2.75, 3.05) is 19.5 Å². The lowest BCUT2D eigenvalue weighted by molar-refractivity contribution is 0.0878. The Balaban J connectivity index is 1.43. The molecule has 1 unspecified atom stereocenters. The predicted molar refractivity (Wildman–Crippen MR) is 95.7 cm³/mol. The second-order valence-electron chi connectivity index (χ2n) is 6.21. The van der Waals surface area contributed by atoms with Crippen LogP contribution >= 0.6 is 11.8 Å². The van der Waals surface area contributed by atoms with Gasteiger partial charge >= 0.3 is 0 Å². The van der Waals surface area contributed by atoms with Crippen molar-refractivity contribution < 1.29 is 18.8 Å². The minimum atomic E-state index is 0.0228. The summed E-state index contributed by atoms with van der Waals surface area (Å²) in [7, 11) is 0. The lowest BCUT2D eigenvalue weighted by Gasteiger charge is -2.04. The van der Waals surface area contributed by atoms with Crippen LogP contribution in [0, 0.1) is 5.92 Å². The average molecular weight is 361 g/mol. The number of aromatic nitrogens is 1. The summed E-state index contributed by atoms with van der Waals surface area (Å²) in [5.41, 5.74) is 1.50. The van der Waals surface area contributed by atoms with E-state index >= 15 is 0 Å². The molecule has 0 amide bonds. The first-order chi connectivity index (χ1) is 12.2. The SMILES string of the molecule is CSc1cccc(COCc2cc(C(=O)CCC3CCOC3)no2)c1. The molecule has 0 bridgehead atoms. The number of thioether (sulfide) groups is 1. The van der Waals surface area contributed by atoms with Gasteiger partial charge in [-0.2, -0.15) is 0 Å². The number of carbonyl (C=O) groups is 1. The lowest BCUT2D eigenvalue weighted by atomic mass is 10.00. The monoisotopic (exact) mass is 361 g/mol. The van der Waals surface area contributed by atoms with E-state index in [9.17, 15) is 4.79 Å². The third kappa shape index (κ3) is 5.42. The van der Waals surface area contributed by atoms with Gasteiger partial charge in [0.1, 0.15) is 12.3 Å². The zero-order valence-electron chi connectivity index (χ0n) is 14.4. The van der Waals surface area contributed by atoms with Gasteiger partial charge in [-0.05, 0) is 42.7 Å². The maximum Gasteiger partial charge on any atom is 0.184 e. The van der Waals surface area contributed by atoms with E-state index in [0.717, 1.165) is 31.6 Å². The minimum Gasteiger partial charge on any atom is -0.381 e. The number of nitrogens with zero attached hydrogens (tertiary/aromatic N) is 1. The molecule has 5 nitrogen and oxygen atoms in total. The summed E-state index contributed by atoms with van der Waals surface area (Å²) in [5, 5.41) is 3.88. The van der Waals surface area contributed by atoms with Crippen molar-refractivity contribution in [2.45, 2.75) is 37.4 Å². The van der Waals surface area contributed by atoms with E-state index in [2.05, 4.69) is 17.3 Å². The first-order valence-electron chi connectivity index (χ1n) is 8.52. The van der Waals surface area contributed by atoms with E-state index in [4.69, 9.17) is 14.0 Å². The van der Waals surface area contributed by atoms with E-state index in [1.165, 1.54) is 4.90 Å². The standard InChI is InChI=1S/C19H23NO4S/c1-25-17-4-2-3-15(9-17)12-23-13-16-10-18(20-24-16)19(21)6-5-14-7-8-22-11-14/h2-4,9-10,14H,5-8,11-13H2,1H3. The van der Waals surface area contributed by atoms with Crippen molar-refractivity contribution in [3.8, 4) is 0 Å². The number of rotatable bonds is 9. The number of ether oxygens (including phenoxy) is 2. The Bertz CT molecular complexity index is 694. The molecule has 0 spiro atoms. The Morgan fingerprint density at radius 3 is 3.08 bits per heavy atom. The summed E-state index contributed by atoms with van der Waals surface area (Å²) in [6, 6.07) is 9.91. The maximum atomic E-state index is 12.2. The molecule has 3 rings (SSSR count). The van der Waals surface area contributed by atoms with Gasteiger partial charge in [-0.25, -0.2) is 0 Å². The van der Waals surface area contributed by atoms with Crippen LogP contribution in [0.4, 0.5) is 0 Å². The fraction of sp³-hybridized carbons (Fsp3) is 0.474. The van der Waals surface area contributed by atoms with Crippen molar-refractivity contribution in [1.29, 1.82) is 0 Å². The molecule has 1 saturated heterocycles. The maximum absolute atomic E-state index is 12.2. The molecule has 25 heavy (non-hydrogen) atoms. The van der Waals surface area contributed by atoms with E-state index in [-0.39, 0.29) is 5.78 Å². The molecule has 0 N–H and O–H groups in total. The number of Topliss-reactive ketones (excluding diaryl/α,β-unsaturated/α-hetero) is 1. The molecule has 2 heterocycles. The van der Waals surface area contributed by atoms with Crippen LogP contribution in [0.5, 0.6) is 0 Å². The van der Waals surface area contributed by atoms with Crippen LogP contribution < -0.4 is 0 Å². The zero-order chi connectivity index (χ0) is 17.5.